The highest BCUT2D eigenvalue weighted by Crippen LogP contribution is 2.21. The lowest BCUT2D eigenvalue weighted by atomic mass is 10.1. The number of hydrogen-bond donors (Lipinski definition) is 2. The molecular formula is C11H21N3. The first kappa shape index (κ1) is 12.8. The van der Waals surface area contributed by atoms with Crippen LogP contribution in [0.2, 0.25) is 0 Å². The Hall–Kier alpha value is -1.25. The zero-order chi connectivity index (χ0) is 11.5. The summed E-state index contributed by atoms with van der Waals surface area (Å²) in [7, 11) is 0. The van der Waals surface area contributed by atoms with Crippen molar-refractivity contribution in [3.05, 3.63) is 24.6 Å². The standard InChI is InChI=1S/C11H21N3/c1-7(2)9(5)14(11(12)13)10(6)8(3)4/h7-8H,5-6H2,1-4H3,(H3,12,13). The summed E-state index contributed by atoms with van der Waals surface area (Å²) in [6.45, 7) is 15.9. The molecule has 0 saturated heterocycles. The highest BCUT2D eigenvalue weighted by molar-refractivity contribution is 5.78. The summed E-state index contributed by atoms with van der Waals surface area (Å²) in [4.78, 5) is 1.62. The molecule has 0 amide bonds. The normalized spacial score (nSPS) is 10.4. The molecule has 0 heterocycles. The average molecular weight is 195 g/mol. The van der Waals surface area contributed by atoms with Crippen molar-refractivity contribution < 1.29 is 0 Å². The van der Waals surface area contributed by atoms with Crippen molar-refractivity contribution in [1.82, 2.24) is 4.90 Å². The van der Waals surface area contributed by atoms with Gasteiger partial charge in [-0.25, -0.2) is 0 Å². The molecule has 0 aromatic rings. The lowest BCUT2D eigenvalue weighted by Gasteiger charge is -2.30. The summed E-state index contributed by atoms with van der Waals surface area (Å²) in [6, 6.07) is 0. The van der Waals surface area contributed by atoms with Gasteiger partial charge in [0.15, 0.2) is 5.96 Å². The van der Waals surface area contributed by atoms with Crippen molar-refractivity contribution in [2.45, 2.75) is 27.7 Å². The molecule has 3 nitrogen and oxygen atoms in total. The van der Waals surface area contributed by atoms with Gasteiger partial charge in [0.25, 0.3) is 0 Å². The van der Waals surface area contributed by atoms with Crippen LogP contribution in [0.15, 0.2) is 24.6 Å². The number of allylic oxidation sites excluding steroid dienone is 2. The quantitative estimate of drug-likeness (QED) is 0.535. The van der Waals surface area contributed by atoms with Crippen LogP contribution < -0.4 is 5.73 Å². The minimum Gasteiger partial charge on any atom is -0.369 e. The Morgan fingerprint density at radius 3 is 1.50 bits per heavy atom. The molecule has 0 aliphatic heterocycles. The van der Waals surface area contributed by atoms with Crippen molar-refractivity contribution >= 4 is 5.96 Å². The number of nitrogens with one attached hydrogen (secondary N) is 1. The SMILES string of the molecule is C=C(C(C)C)N(C(=C)C(C)C)C(=N)N. The van der Waals surface area contributed by atoms with Gasteiger partial charge in [0.1, 0.15) is 0 Å². The molecule has 0 saturated carbocycles. The van der Waals surface area contributed by atoms with Crippen LogP contribution in [0.4, 0.5) is 0 Å². The summed E-state index contributed by atoms with van der Waals surface area (Å²) in [5.74, 6) is 0.506. The Labute approximate surface area is 86.8 Å². The van der Waals surface area contributed by atoms with E-state index in [2.05, 4.69) is 13.2 Å². The molecule has 0 atom stereocenters. The summed E-state index contributed by atoms with van der Waals surface area (Å²) in [6.07, 6.45) is 0. The van der Waals surface area contributed by atoms with Gasteiger partial charge in [-0.1, -0.05) is 40.9 Å². The predicted molar refractivity (Wildman–Crippen MR) is 61.7 cm³/mol. The topological polar surface area (TPSA) is 53.1 Å². The fourth-order valence-corrected chi connectivity index (χ4v) is 1.01. The molecule has 0 fully saturated rings. The van der Waals surface area contributed by atoms with Crippen molar-refractivity contribution in [3.63, 3.8) is 0 Å². The molecule has 0 aromatic heterocycles. The third-order valence-electron chi connectivity index (χ3n) is 2.15. The predicted octanol–water partition coefficient (Wildman–Crippen LogP) is 2.52. The van der Waals surface area contributed by atoms with Crippen molar-refractivity contribution in [1.29, 1.82) is 5.41 Å². The fraction of sp³-hybridized carbons (Fsp3) is 0.545. The van der Waals surface area contributed by atoms with Gasteiger partial charge in [0, 0.05) is 11.4 Å². The largest absolute Gasteiger partial charge is 0.369 e. The van der Waals surface area contributed by atoms with Gasteiger partial charge in [-0.15, -0.1) is 0 Å². The van der Waals surface area contributed by atoms with E-state index in [1.54, 1.807) is 4.90 Å². The molecule has 0 aromatic carbocycles. The Bertz CT molecular complexity index is 231. The second-order valence-corrected chi connectivity index (χ2v) is 4.01. The summed E-state index contributed by atoms with van der Waals surface area (Å²) >= 11 is 0. The maximum atomic E-state index is 7.48. The monoisotopic (exact) mass is 195 g/mol. The molecule has 0 spiro atoms. The zero-order valence-corrected chi connectivity index (χ0v) is 9.59. The van der Waals surface area contributed by atoms with Gasteiger partial charge < -0.3 is 5.73 Å². The van der Waals surface area contributed by atoms with Crippen LogP contribution in [-0.2, 0) is 0 Å². The summed E-state index contributed by atoms with van der Waals surface area (Å²) in [5.41, 5.74) is 7.13. The molecule has 0 rings (SSSR count). The van der Waals surface area contributed by atoms with E-state index >= 15 is 0 Å². The van der Waals surface area contributed by atoms with E-state index in [0.29, 0.717) is 0 Å². The molecule has 0 bridgehead atoms. The molecule has 14 heavy (non-hydrogen) atoms. The molecular weight excluding hydrogens is 174 g/mol. The molecule has 3 N–H and O–H groups in total. The first-order chi connectivity index (χ1) is 6.29. The zero-order valence-electron chi connectivity index (χ0n) is 9.59. The smallest absolute Gasteiger partial charge is 0.197 e. The summed E-state index contributed by atoms with van der Waals surface area (Å²) in [5, 5.41) is 7.48. The van der Waals surface area contributed by atoms with Crippen LogP contribution in [0, 0.1) is 17.2 Å². The van der Waals surface area contributed by atoms with Crippen LogP contribution in [0.5, 0.6) is 0 Å². The second kappa shape index (κ2) is 4.84. The molecule has 0 unspecified atom stereocenters. The van der Waals surface area contributed by atoms with Gasteiger partial charge in [-0.2, -0.15) is 0 Å². The Morgan fingerprint density at radius 1 is 1.07 bits per heavy atom. The number of guanidine groups is 1. The number of nitrogens with two attached hydrogens (primary N) is 1. The van der Waals surface area contributed by atoms with Crippen molar-refractivity contribution in [2.24, 2.45) is 17.6 Å². The van der Waals surface area contributed by atoms with Crippen LogP contribution in [0.25, 0.3) is 0 Å². The Kier molecular flexibility index (Phi) is 4.41. The van der Waals surface area contributed by atoms with E-state index in [1.807, 2.05) is 27.7 Å². The lowest BCUT2D eigenvalue weighted by Crippen LogP contribution is -2.37. The minimum atomic E-state index is -0.0117. The number of nitrogens with zero attached hydrogens (tertiary/aromatic N) is 1. The van der Waals surface area contributed by atoms with Gasteiger partial charge in [0.05, 0.1) is 0 Å². The third kappa shape index (κ3) is 2.91. The maximum Gasteiger partial charge on any atom is 0.197 e. The van der Waals surface area contributed by atoms with Gasteiger partial charge >= 0.3 is 0 Å². The van der Waals surface area contributed by atoms with Crippen LogP contribution in [0.3, 0.4) is 0 Å². The average Bonchev–Trinajstić information content (AvgIpc) is 2.03. The number of rotatable bonds is 4. The third-order valence-corrected chi connectivity index (χ3v) is 2.15. The fourth-order valence-electron chi connectivity index (χ4n) is 1.01. The molecule has 80 valence electrons. The van der Waals surface area contributed by atoms with Crippen LogP contribution in [0.1, 0.15) is 27.7 Å². The molecule has 0 aliphatic rings. The van der Waals surface area contributed by atoms with E-state index in [-0.39, 0.29) is 17.8 Å². The molecule has 3 heteroatoms. The van der Waals surface area contributed by atoms with Crippen LogP contribution in [-0.4, -0.2) is 10.9 Å². The first-order valence-electron chi connectivity index (χ1n) is 4.80. The van der Waals surface area contributed by atoms with E-state index in [4.69, 9.17) is 11.1 Å². The van der Waals surface area contributed by atoms with Crippen LogP contribution >= 0.6 is 0 Å². The van der Waals surface area contributed by atoms with E-state index in [9.17, 15) is 0 Å². The Balaban J connectivity index is 4.88. The first-order valence-corrected chi connectivity index (χ1v) is 4.80. The van der Waals surface area contributed by atoms with Gasteiger partial charge in [-0.05, 0) is 11.8 Å². The van der Waals surface area contributed by atoms with Gasteiger partial charge in [0.2, 0.25) is 0 Å². The Morgan fingerprint density at radius 2 is 1.36 bits per heavy atom. The molecule has 0 radical (unpaired) electrons. The second-order valence-electron chi connectivity index (χ2n) is 4.01. The van der Waals surface area contributed by atoms with Crippen molar-refractivity contribution in [2.75, 3.05) is 0 Å². The number of hydrogen-bond acceptors (Lipinski definition) is 1. The highest BCUT2D eigenvalue weighted by Gasteiger charge is 2.18. The minimum absolute atomic E-state index is 0.0117. The van der Waals surface area contributed by atoms with Gasteiger partial charge in [-0.3, -0.25) is 10.3 Å². The lowest BCUT2D eigenvalue weighted by molar-refractivity contribution is 0.476. The van der Waals surface area contributed by atoms with Crippen molar-refractivity contribution in [3.8, 4) is 0 Å². The maximum absolute atomic E-state index is 7.48. The van der Waals surface area contributed by atoms with E-state index in [1.165, 1.54) is 0 Å². The van der Waals surface area contributed by atoms with E-state index < -0.39 is 0 Å². The van der Waals surface area contributed by atoms with E-state index in [0.717, 1.165) is 11.4 Å². The molecule has 0 aliphatic carbocycles. The summed E-state index contributed by atoms with van der Waals surface area (Å²) < 4.78 is 0. The highest BCUT2D eigenvalue weighted by atomic mass is 15.2.